The van der Waals surface area contributed by atoms with Crippen molar-refractivity contribution >= 4 is 11.8 Å². The molecule has 2 atom stereocenters. The normalized spacial score (nSPS) is 25.2. The van der Waals surface area contributed by atoms with Crippen LogP contribution in [0.4, 0.5) is 19.0 Å². The molecule has 1 N–H and O–H groups in total. The number of carboxylic acids is 1. The number of aromatic nitrogens is 1. The lowest BCUT2D eigenvalue weighted by atomic mass is 10.1. The molecule has 2 heterocycles. The van der Waals surface area contributed by atoms with E-state index in [9.17, 15) is 18.0 Å². The van der Waals surface area contributed by atoms with Gasteiger partial charge in [0, 0.05) is 19.0 Å². The van der Waals surface area contributed by atoms with E-state index in [-0.39, 0.29) is 5.92 Å². The van der Waals surface area contributed by atoms with Crippen LogP contribution in [-0.4, -0.2) is 29.1 Å². The fourth-order valence-electron chi connectivity index (χ4n) is 2.90. The van der Waals surface area contributed by atoms with Crippen molar-refractivity contribution in [2.75, 3.05) is 18.0 Å². The van der Waals surface area contributed by atoms with Gasteiger partial charge in [0.25, 0.3) is 0 Å². The fraction of sp³-hybridized carbons (Fsp3) is 0.571. The molecule has 21 heavy (non-hydrogen) atoms. The minimum atomic E-state index is -4.48. The van der Waals surface area contributed by atoms with Gasteiger partial charge < -0.3 is 10.0 Å². The van der Waals surface area contributed by atoms with E-state index in [2.05, 4.69) is 4.98 Å². The minimum Gasteiger partial charge on any atom is -0.481 e. The molecule has 2 fully saturated rings. The topological polar surface area (TPSA) is 53.4 Å². The van der Waals surface area contributed by atoms with Crippen LogP contribution in [0.2, 0.25) is 0 Å². The zero-order chi connectivity index (χ0) is 15.2. The molecule has 0 spiro atoms. The van der Waals surface area contributed by atoms with Gasteiger partial charge in [0.05, 0.1) is 5.92 Å². The van der Waals surface area contributed by atoms with Gasteiger partial charge in [-0.2, -0.15) is 13.2 Å². The lowest BCUT2D eigenvalue weighted by Gasteiger charge is -2.21. The second-order valence-corrected chi connectivity index (χ2v) is 5.59. The van der Waals surface area contributed by atoms with Gasteiger partial charge in [0.1, 0.15) is 11.5 Å². The van der Waals surface area contributed by atoms with Crippen LogP contribution >= 0.6 is 0 Å². The average molecular weight is 300 g/mol. The molecule has 3 rings (SSSR count). The first-order valence-electron chi connectivity index (χ1n) is 6.94. The van der Waals surface area contributed by atoms with Crippen molar-refractivity contribution in [3.63, 3.8) is 0 Å². The molecular weight excluding hydrogens is 285 g/mol. The molecule has 1 aliphatic heterocycles. The summed E-state index contributed by atoms with van der Waals surface area (Å²) >= 11 is 0. The SMILES string of the molecule is O=C(O)C1CC1c1ccc(C(F)(F)F)nc1N1CCCC1. The molecule has 1 aliphatic carbocycles. The highest BCUT2D eigenvalue weighted by Crippen LogP contribution is 2.50. The second-order valence-electron chi connectivity index (χ2n) is 5.59. The van der Waals surface area contributed by atoms with E-state index in [1.165, 1.54) is 6.07 Å². The van der Waals surface area contributed by atoms with Crippen LogP contribution in [0, 0.1) is 5.92 Å². The summed E-state index contributed by atoms with van der Waals surface area (Å²) in [5.41, 5.74) is -0.280. The lowest BCUT2D eigenvalue weighted by Crippen LogP contribution is -2.22. The molecular formula is C14H15F3N2O2. The van der Waals surface area contributed by atoms with Crippen LogP contribution in [0.15, 0.2) is 12.1 Å². The molecule has 0 radical (unpaired) electrons. The van der Waals surface area contributed by atoms with Crippen LogP contribution in [0.25, 0.3) is 0 Å². The second kappa shape index (κ2) is 4.89. The number of rotatable bonds is 3. The third-order valence-corrected chi connectivity index (χ3v) is 4.11. The molecule has 1 saturated heterocycles. The summed E-state index contributed by atoms with van der Waals surface area (Å²) in [6.45, 7) is 1.34. The zero-order valence-corrected chi connectivity index (χ0v) is 11.2. The van der Waals surface area contributed by atoms with Gasteiger partial charge >= 0.3 is 12.1 Å². The Kier molecular flexibility index (Phi) is 3.30. The van der Waals surface area contributed by atoms with E-state index in [1.807, 2.05) is 4.90 Å². The summed E-state index contributed by atoms with van der Waals surface area (Å²) in [5.74, 6) is -1.29. The van der Waals surface area contributed by atoms with Crippen LogP contribution < -0.4 is 4.90 Å². The Bertz CT molecular complexity index is 568. The van der Waals surface area contributed by atoms with Gasteiger partial charge in [0.15, 0.2) is 0 Å². The molecule has 0 aromatic carbocycles. The Balaban J connectivity index is 1.97. The van der Waals surface area contributed by atoms with Crippen molar-refractivity contribution in [1.82, 2.24) is 4.98 Å². The molecule has 0 bridgehead atoms. The first-order valence-corrected chi connectivity index (χ1v) is 6.94. The number of hydrogen-bond donors (Lipinski definition) is 1. The molecule has 114 valence electrons. The van der Waals surface area contributed by atoms with E-state index < -0.39 is 23.8 Å². The van der Waals surface area contributed by atoms with Gasteiger partial charge in [-0.3, -0.25) is 4.79 Å². The van der Waals surface area contributed by atoms with Crippen molar-refractivity contribution in [3.8, 4) is 0 Å². The van der Waals surface area contributed by atoms with Crippen molar-refractivity contribution in [1.29, 1.82) is 0 Å². The van der Waals surface area contributed by atoms with E-state index in [4.69, 9.17) is 5.11 Å². The molecule has 1 saturated carbocycles. The quantitative estimate of drug-likeness (QED) is 0.932. The lowest BCUT2D eigenvalue weighted by molar-refractivity contribution is -0.141. The van der Waals surface area contributed by atoms with Gasteiger partial charge in [-0.05, 0) is 30.9 Å². The molecule has 1 aromatic rings. The third kappa shape index (κ3) is 2.69. The standard InChI is InChI=1S/C14H15F3N2O2/c15-14(16,17)11-4-3-8(9-7-10(9)13(20)21)12(18-11)19-5-1-2-6-19/h3-4,9-10H,1-2,5-7H2,(H,20,21). The van der Waals surface area contributed by atoms with Crippen LogP contribution in [0.3, 0.4) is 0 Å². The summed E-state index contributed by atoms with van der Waals surface area (Å²) in [6, 6.07) is 2.35. The zero-order valence-electron chi connectivity index (χ0n) is 11.2. The number of pyridine rings is 1. The Morgan fingerprint density at radius 1 is 1.29 bits per heavy atom. The Labute approximate surface area is 119 Å². The highest BCUT2D eigenvalue weighted by Gasteiger charge is 2.46. The minimum absolute atomic E-state index is 0.215. The average Bonchev–Trinajstić information content (AvgIpc) is 3.03. The van der Waals surface area contributed by atoms with E-state index in [0.717, 1.165) is 18.9 Å². The molecule has 7 heteroatoms. The fourth-order valence-corrected chi connectivity index (χ4v) is 2.90. The number of hydrogen-bond acceptors (Lipinski definition) is 3. The third-order valence-electron chi connectivity index (χ3n) is 4.11. The molecule has 0 amide bonds. The molecule has 2 aliphatic rings. The van der Waals surface area contributed by atoms with Crippen molar-refractivity contribution in [2.45, 2.75) is 31.4 Å². The van der Waals surface area contributed by atoms with Crippen molar-refractivity contribution < 1.29 is 23.1 Å². The predicted octanol–water partition coefficient (Wildman–Crippen LogP) is 2.89. The maximum absolute atomic E-state index is 12.8. The maximum Gasteiger partial charge on any atom is 0.433 e. The van der Waals surface area contributed by atoms with Gasteiger partial charge in [-0.1, -0.05) is 6.07 Å². The first kappa shape index (κ1) is 14.2. The van der Waals surface area contributed by atoms with Gasteiger partial charge in [0.2, 0.25) is 0 Å². The predicted molar refractivity (Wildman–Crippen MR) is 69.2 cm³/mol. The number of carbonyl (C=O) groups is 1. The summed E-state index contributed by atoms with van der Waals surface area (Å²) < 4.78 is 38.5. The smallest absolute Gasteiger partial charge is 0.433 e. The maximum atomic E-state index is 12.8. The number of nitrogens with zero attached hydrogens (tertiary/aromatic N) is 2. The summed E-state index contributed by atoms with van der Waals surface area (Å²) in [4.78, 5) is 16.6. The largest absolute Gasteiger partial charge is 0.481 e. The number of halogens is 3. The van der Waals surface area contributed by atoms with E-state index in [0.29, 0.717) is 30.9 Å². The Morgan fingerprint density at radius 2 is 1.95 bits per heavy atom. The number of aliphatic carboxylic acids is 1. The van der Waals surface area contributed by atoms with E-state index >= 15 is 0 Å². The van der Waals surface area contributed by atoms with E-state index in [1.54, 1.807) is 0 Å². The first-order chi connectivity index (χ1) is 9.88. The summed E-state index contributed by atoms with van der Waals surface area (Å²) in [5, 5.41) is 9.01. The molecule has 2 unspecified atom stereocenters. The van der Waals surface area contributed by atoms with Gasteiger partial charge in [-0.15, -0.1) is 0 Å². The molecule has 1 aromatic heterocycles. The monoisotopic (exact) mass is 300 g/mol. The highest BCUT2D eigenvalue weighted by molar-refractivity contribution is 5.76. The van der Waals surface area contributed by atoms with Crippen molar-refractivity contribution in [2.24, 2.45) is 5.92 Å². The number of alkyl halides is 3. The van der Waals surface area contributed by atoms with Crippen LogP contribution in [-0.2, 0) is 11.0 Å². The Morgan fingerprint density at radius 3 is 2.48 bits per heavy atom. The van der Waals surface area contributed by atoms with Crippen molar-refractivity contribution in [3.05, 3.63) is 23.4 Å². The number of anilines is 1. The highest BCUT2D eigenvalue weighted by atomic mass is 19.4. The van der Waals surface area contributed by atoms with Gasteiger partial charge in [-0.25, -0.2) is 4.98 Å². The Hall–Kier alpha value is -1.79. The summed E-state index contributed by atoms with van der Waals surface area (Å²) in [7, 11) is 0. The number of carboxylic acid groups (broad SMARTS) is 1. The van der Waals surface area contributed by atoms with Crippen LogP contribution in [0.1, 0.15) is 36.4 Å². The summed E-state index contributed by atoms with van der Waals surface area (Å²) in [6.07, 6.45) is -2.17. The molecule has 4 nitrogen and oxygen atoms in total. The van der Waals surface area contributed by atoms with Crippen LogP contribution in [0.5, 0.6) is 0 Å².